The second kappa shape index (κ2) is 6.90. The van der Waals surface area contributed by atoms with E-state index in [1.807, 2.05) is 24.3 Å². The normalized spacial score (nSPS) is 23.0. The molecule has 1 saturated heterocycles. The minimum atomic E-state index is -0.803. The Bertz CT molecular complexity index is 624. The number of para-hydroxylation sites is 2. The Hall–Kier alpha value is -0.370. The van der Waals surface area contributed by atoms with Crippen LogP contribution in [0.3, 0.4) is 0 Å². The summed E-state index contributed by atoms with van der Waals surface area (Å²) >= 11 is 7.30. The van der Waals surface area contributed by atoms with Gasteiger partial charge in [-0.3, -0.25) is 0 Å². The third-order valence-electron chi connectivity index (χ3n) is 5.63. The minimum absolute atomic E-state index is 0.00192. The van der Waals surface area contributed by atoms with Crippen LogP contribution in [0, 0.1) is 0 Å². The van der Waals surface area contributed by atoms with Gasteiger partial charge in [-0.2, -0.15) is 11.5 Å². The Morgan fingerprint density at radius 3 is 1.92 bits per heavy atom. The minimum Gasteiger partial charge on any atom is -0.520 e. The van der Waals surface area contributed by atoms with Gasteiger partial charge in [0.05, 0.1) is 0 Å². The number of hydrogen-bond acceptors (Lipinski definition) is 3. The van der Waals surface area contributed by atoms with Crippen molar-refractivity contribution in [1.29, 1.82) is 0 Å². The van der Waals surface area contributed by atoms with Gasteiger partial charge < -0.3 is 14.1 Å². The van der Waals surface area contributed by atoms with Crippen LogP contribution in [0.15, 0.2) is 24.3 Å². The maximum absolute atomic E-state index is 7.30. The molecule has 26 heavy (non-hydrogen) atoms. The zero-order chi connectivity index (χ0) is 19.3. The number of rotatable bonds is 3. The molecule has 7 heteroatoms. The van der Waals surface area contributed by atoms with Crippen LogP contribution in [0.4, 0.5) is 0 Å². The van der Waals surface area contributed by atoms with Crippen molar-refractivity contribution in [2.45, 2.75) is 84.0 Å². The molecule has 2 heterocycles. The summed E-state index contributed by atoms with van der Waals surface area (Å²) in [6, 6.07) is 7.92. The summed E-state index contributed by atoms with van der Waals surface area (Å²) in [5.41, 5.74) is 0.122. The number of halogens is 1. The van der Waals surface area contributed by atoms with Gasteiger partial charge in [-0.05, 0) is 71.9 Å². The summed E-state index contributed by atoms with van der Waals surface area (Å²) in [5.74, 6) is 1.54. The van der Waals surface area contributed by atoms with Gasteiger partial charge in [-0.1, -0.05) is 32.9 Å². The maximum atomic E-state index is 7.30. The van der Waals surface area contributed by atoms with Crippen molar-refractivity contribution in [1.82, 2.24) is 4.81 Å². The highest BCUT2D eigenvalue weighted by Crippen LogP contribution is 2.60. The highest BCUT2D eigenvalue weighted by atomic mass is 35.5. The molecule has 0 radical (unpaired) electrons. The predicted molar refractivity (Wildman–Crippen MR) is 116 cm³/mol. The first kappa shape index (κ1) is 20.4. The molecule has 0 bridgehead atoms. The molecule has 2 aliphatic rings. The number of nitrogens with zero attached hydrogens (tertiary/aromatic N) is 1. The predicted octanol–water partition coefficient (Wildman–Crippen LogP) is 5.99. The summed E-state index contributed by atoms with van der Waals surface area (Å²) in [7, 11) is -0.803. The van der Waals surface area contributed by atoms with Crippen molar-refractivity contribution in [2.24, 2.45) is 0 Å². The molecular formula is C19H31B2ClNO2P. The summed E-state index contributed by atoms with van der Waals surface area (Å²) in [5, 5.41) is -0.00192. The Morgan fingerprint density at radius 2 is 1.50 bits per heavy atom. The first-order valence-electron chi connectivity index (χ1n) is 9.58. The summed E-state index contributed by atoms with van der Waals surface area (Å²) < 4.78 is 12.5. The topological polar surface area (TPSA) is 21.7 Å². The van der Waals surface area contributed by atoms with Crippen LogP contribution in [-0.2, 0) is 0 Å². The standard InChI is InChI=1S/C19H31B2ClNO2P/c1-17(2,3)26(21-24-15-11-8-9-12-16(15)25-21)20(22)23-18(4,5)13-10-14-19(23,6)7/h8-9,11-12H,10,13-14H2,1-7H3. The van der Waals surface area contributed by atoms with Crippen LogP contribution < -0.4 is 9.31 Å². The molecule has 142 valence electrons. The van der Waals surface area contributed by atoms with Gasteiger partial charge >= 0.3 is 12.8 Å². The van der Waals surface area contributed by atoms with Gasteiger partial charge in [-0.15, -0.1) is 0 Å². The number of fused-ring (bicyclic) bond motifs is 1. The van der Waals surface area contributed by atoms with Gasteiger partial charge in [0.25, 0.3) is 0 Å². The van der Waals surface area contributed by atoms with Crippen molar-refractivity contribution in [3.8, 4) is 11.5 Å². The SMILES string of the molecule is CC1(C)CCCC(C)(C)N1B(Cl)P(B1Oc2ccccc2O1)C(C)(C)C. The molecule has 1 atom stereocenters. The van der Waals surface area contributed by atoms with Crippen LogP contribution in [0.25, 0.3) is 0 Å². The lowest BCUT2D eigenvalue weighted by Crippen LogP contribution is -2.64. The Kier molecular flexibility index (Phi) is 5.41. The summed E-state index contributed by atoms with van der Waals surface area (Å²) in [4.78, 5) is 2.54. The lowest BCUT2D eigenvalue weighted by molar-refractivity contribution is 0.0544. The van der Waals surface area contributed by atoms with Gasteiger partial charge in [-0.25, -0.2) is 0 Å². The van der Waals surface area contributed by atoms with Crippen LogP contribution in [0.1, 0.15) is 67.7 Å². The van der Waals surface area contributed by atoms with Crippen molar-refractivity contribution in [2.75, 3.05) is 0 Å². The fraction of sp³-hybridized carbons (Fsp3) is 0.684. The van der Waals surface area contributed by atoms with Gasteiger partial charge in [0, 0.05) is 11.1 Å². The fourth-order valence-electron chi connectivity index (χ4n) is 4.45. The molecule has 0 spiro atoms. The second-order valence-electron chi connectivity index (χ2n) is 9.73. The van der Waals surface area contributed by atoms with E-state index in [1.165, 1.54) is 19.3 Å². The zero-order valence-corrected chi connectivity index (χ0v) is 18.8. The van der Waals surface area contributed by atoms with Crippen molar-refractivity contribution >= 4 is 32.0 Å². The summed E-state index contributed by atoms with van der Waals surface area (Å²) in [6.45, 7) is 15.8. The Morgan fingerprint density at radius 1 is 1.04 bits per heavy atom. The largest absolute Gasteiger partial charge is 0.616 e. The third kappa shape index (κ3) is 3.77. The average Bonchev–Trinajstić information content (AvgIpc) is 2.86. The van der Waals surface area contributed by atoms with Crippen LogP contribution >= 0.6 is 19.1 Å². The molecule has 1 aromatic rings. The molecule has 0 amide bonds. The molecule has 0 N–H and O–H groups in total. The smallest absolute Gasteiger partial charge is 0.520 e. The van der Waals surface area contributed by atoms with E-state index >= 15 is 0 Å². The lowest BCUT2D eigenvalue weighted by atomic mass is 9.76. The number of benzene rings is 1. The van der Waals surface area contributed by atoms with Crippen LogP contribution in [0.5, 0.6) is 11.5 Å². The third-order valence-corrected chi connectivity index (χ3v) is 9.36. The van der Waals surface area contributed by atoms with Crippen molar-refractivity contribution in [3.63, 3.8) is 0 Å². The highest BCUT2D eigenvalue weighted by Gasteiger charge is 2.57. The maximum Gasteiger partial charge on any atom is 0.616 e. The lowest BCUT2D eigenvalue weighted by Gasteiger charge is -2.56. The van der Waals surface area contributed by atoms with Crippen LogP contribution in [-0.4, -0.2) is 33.9 Å². The van der Waals surface area contributed by atoms with E-state index in [-0.39, 0.29) is 29.1 Å². The molecule has 2 aliphatic heterocycles. The summed E-state index contributed by atoms with van der Waals surface area (Å²) in [6.07, 6.45) is 3.58. The molecule has 3 nitrogen and oxygen atoms in total. The fourth-order valence-corrected chi connectivity index (χ4v) is 8.93. The monoisotopic (exact) mass is 393 g/mol. The number of hydrogen-bond donors (Lipinski definition) is 0. The van der Waals surface area contributed by atoms with E-state index in [0.29, 0.717) is 0 Å². The van der Waals surface area contributed by atoms with Crippen LogP contribution in [0.2, 0.25) is 0 Å². The average molecular weight is 394 g/mol. The quantitative estimate of drug-likeness (QED) is 0.465. The molecule has 0 aliphatic carbocycles. The number of piperidine rings is 1. The molecule has 0 aromatic heterocycles. The van der Waals surface area contributed by atoms with Gasteiger partial charge in [0.15, 0.2) is 0 Å². The van der Waals surface area contributed by atoms with E-state index in [0.717, 1.165) is 11.5 Å². The van der Waals surface area contributed by atoms with E-state index in [4.69, 9.17) is 20.8 Å². The van der Waals surface area contributed by atoms with Gasteiger partial charge in [0.1, 0.15) is 11.5 Å². The first-order valence-corrected chi connectivity index (χ1v) is 11.5. The molecule has 0 saturated carbocycles. The van der Waals surface area contributed by atoms with E-state index in [2.05, 4.69) is 53.3 Å². The highest BCUT2D eigenvalue weighted by molar-refractivity contribution is 8.16. The van der Waals surface area contributed by atoms with Gasteiger partial charge in [0.2, 0.25) is 0 Å². The zero-order valence-electron chi connectivity index (χ0n) is 17.2. The molecule has 1 aromatic carbocycles. The van der Waals surface area contributed by atoms with Crippen molar-refractivity contribution in [3.05, 3.63) is 24.3 Å². The molecular weight excluding hydrogens is 362 g/mol. The second-order valence-corrected chi connectivity index (χ2v) is 13.5. The Balaban J connectivity index is 1.94. The molecule has 3 rings (SSSR count). The van der Waals surface area contributed by atoms with Crippen molar-refractivity contribution < 1.29 is 9.31 Å². The first-order chi connectivity index (χ1) is 11.9. The van der Waals surface area contributed by atoms with E-state index in [1.54, 1.807) is 0 Å². The van der Waals surface area contributed by atoms with E-state index < -0.39 is 7.68 Å². The molecule has 1 unspecified atom stereocenters. The molecule has 1 fully saturated rings. The Labute approximate surface area is 166 Å². The van der Waals surface area contributed by atoms with E-state index in [9.17, 15) is 0 Å².